The number of phenols is 1. The highest BCUT2D eigenvalue weighted by molar-refractivity contribution is 14.1. The fourth-order valence-corrected chi connectivity index (χ4v) is 4.94. The molecule has 1 saturated heterocycles. The number of imidazole rings is 1. The van der Waals surface area contributed by atoms with Crippen molar-refractivity contribution in [1.82, 2.24) is 24.8 Å². The molecule has 1 amide bonds. The maximum Gasteiger partial charge on any atom is 0.220 e. The van der Waals surface area contributed by atoms with Gasteiger partial charge in [-0.05, 0) is 46.7 Å². The van der Waals surface area contributed by atoms with Crippen LogP contribution in [0.25, 0.3) is 11.2 Å². The number of anilines is 1. The van der Waals surface area contributed by atoms with Gasteiger partial charge in [-0.2, -0.15) is 0 Å². The summed E-state index contributed by atoms with van der Waals surface area (Å²) in [5.41, 5.74) is 7.65. The number of nitrogens with zero attached hydrogens (tertiary/aromatic N) is 4. The van der Waals surface area contributed by atoms with E-state index in [1.807, 2.05) is 28.7 Å². The van der Waals surface area contributed by atoms with E-state index in [1.165, 1.54) is 22.7 Å². The second-order valence-electron chi connectivity index (χ2n) is 7.93. The summed E-state index contributed by atoms with van der Waals surface area (Å²) in [6.45, 7) is -0.0501. The lowest BCUT2D eigenvalue weighted by Crippen LogP contribution is -2.33. The molecule has 1 aromatic carbocycles. The molecule has 2 aromatic heterocycles. The molecule has 0 radical (unpaired) electrons. The number of carbonyl (C=O) groups excluding carboxylic acids is 1. The molecule has 4 rings (SSSR count). The van der Waals surface area contributed by atoms with E-state index in [9.17, 15) is 25.2 Å². The van der Waals surface area contributed by atoms with Crippen LogP contribution in [0.3, 0.4) is 0 Å². The summed E-state index contributed by atoms with van der Waals surface area (Å²) in [6, 6.07) is 5.26. The van der Waals surface area contributed by atoms with E-state index in [4.69, 9.17) is 10.5 Å². The first-order valence-electron chi connectivity index (χ1n) is 10.8. The van der Waals surface area contributed by atoms with Crippen molar-refractivity contribution in [3.8, 4) is 5.75 Å². The second-order valence-corrected chi connectivity index (χ2v) is 10.2. The number of amides is 1. The molecule has 0 spiro atoms. The Morgan fingerprint density at radius 1 is 1.29 bits per heavy atom. The number of ether oxygens (including phenoxy) is 1. The van der Waals surface area contributed by atoms with Gasteiger partial charge in [-0.25, -0.2) is 15.0 Å². The highest BCUT2D eigenvalue weighted by Crippen LogP contribution is 2.32. The van der Waals surface area contributed by atoms with Gasteiger partial charge < -0.3 is 36.2 Å². The highest BCUT2D eigenvalue weighted by atomic mass is 127. The summed E-state index contributed by atoms with van der Waals surface area (Å²) < 4.78 is 7.76. The fourth-order valence-electron chi connectivity index (χ4n) is 3.66. The Bertz CT molecular complexity index is 1210. The minimum Gasteiger partial charge on any atom is -0.507 e. The molecule has 12 nitrogen and oxygen atoms in total. The van der Waals surface area contributed by atoms with E-state index in [2.05, 4.69) is 20.3 Å². The van der Waals surface area contributed by atoms with Crippen LogP contribution in [0.15, 0.2) is 29.7 Å². The summed E-state index contributed by atoms with van der Waals surface area (Å²) in [6.07, 6.45) is -2.17. The number of fused-ring (bicyclic) bond motifs is 1. The number of hydrogen-bond acceptors (Lipinski definition) is 11. The summed E-state index contributed by atoms with van der Waals surface area (Å²) in [5, 5.41) is 42.5. The number of nitrogens with two attached hydrogens (primary N) is 1. The first-order valence-corrected chi connectivity index (χ1v) is 12.8. The average Bonchev–Trinajstić information content (AvgIpc) is 3.38. The van der Waals surface area contributed by atoms with Crippen molar-refractivity contribution in [3.63, 3.8) is 0 Å². The van der Waals surface area contributed by atoms with Gasteiger partial charge in [0, 0.05) is 18.7 Å². The van der Waals surface area contributed by atoms with Gasteiger partial charge in [-0.1, -0.05) is 17.8 Å². The molecule has 0 saturated carbocycles. The quantitative estimate of drug-likeness (QED) is 0.0833. The number of rotatable bonds is 9. The lowest BCUT2D eigenvalue weighted by Gasteiger charge is -2.16. The number of thioether (sulfide) groups is 1. The molecule has 4 atom stereocenters. The zero-order valence-corrected chi connectivity index (χ0v) is 21.4. The molecule has 35 heavy (non-hydrogen) atoms. The number of aryl methyl sites for hydroxylation is 1. The minimum atomic E-state index is -1.28. The van der Waals surface area contributed by atoms with E-state index in [0.717, 1.165) is 9.13 Å². The van der Waals surface area contributed by atoms with Crippen LogP contribution in [0.2, 0.25) is 0 Å². The molecule has 1 aliphatic heterocycles. The summed E-state index contributed by atoms with van der Waals surface area (Å²) >= 11 is 3.34. The van der Waals surface area contributed by atoms with Crippen LogP contribution in [0, 0.1) is 3.57 Å². The van der Waals surface area contributed by atoms with Gasteiger partial charge in [0.2, 0.25) is 5.91 Å². The first-order chi connectivity index (χ1) is 16.8. The molecule has 3 aromatic rings. The number of carbonyl (C=O) groups is 1. The van der Waals surface area contributed by atoms with Gasteiger partial charge in [-0.15, -0.1) is 0 Å². The number of aromatic hydroxyl groups is 1. The van der Waals surface area contributed by atoms with Crippen molar-refractivity contribution < 1.29 is 30.0 Å². The lowest BCUT2D eigenvalue weighted by atomic mass is 10.1. The minimum absolute atomic E-state index is 0.0907. The average molecular weight is 616 g/mol. The molecule has 14 heteroatoms. The molecule has 188 valence electrons. The molecule has 3 heterocycles. The third-order valence-electron chi connectivity index (χ3n) is 5.53. The number of aliphatic hydroxyl groups excluding tert-OH is 3. The first kappa shape index (κ1) is 25.8. The van der Waals surface area contributed by atoms with Crippen molar-refractivity contribution in [1.29, 1.82) is 0 Å². The number of halogens is 1. The smallest absolute Gasteiger partial charge is 0.220 e. The largest absolute Gasteiger partial charge is 0.507 e. The van der Waals surface area contributed by atoms with Crippen molar-refractivity contribution in [3.05, 3.63) is 33.7 Å². The topological polar surface area (TPSA) is 189 Å². The van der Waals surface area contributed by atoms with Crippen molar-refractivity contribution in [2.24, 2.45) is 0 Å². The molecule has 1 aliphatic rings. The van der Waals surface area contributed by atoms with E-state index < -0.39 is 31.1 Å². The Balaban J connectivity index is 1.33. The summed E-state index contributed by atoms with van der Waals surface area (Å²) in [7, 11) is 0. The standard InChI is InChI=1S/C21H25IN6O6S/c22-11-7-10(1-3-12(11)30)2-4-14(31)24-5-6-35-21-26-18(23)15-19(27-21)28(9-25-15)20-17(33)16(32)13(8-29)34-20/h1,3,7,9,13,16-17,20,29-30,32-33H,2,4-6,8H2,(H,24,31)(H2,23,26,27). The van der Waals surface area contributed by atoms with E-state index >= 15 is 0 Å². The fraction of sp³-hybridized carbons (Fsp3) is 0.429. The Labute approximate surface area is 218 Å². The lowest BCUT2D eigenvalue weighted by molar-refractivity contribution is -0.120. The number of nitrogens with one attached hydrogen (secondary N) is 1. The highest BCUT2D eigenvalue weighted by Gasteiger charge is 2.44. The number of benzene rings is 1. The summed E-state index contributed by atoms with van der Waals surface area (Å²) in [4.78, 5) is 25.1. The Kier molecular flexibility index (Phi) is 8.28. The number of nitrogen functional groups attached to an aromatic ring is 1. The Morgan fingerprint density at radius 2 is 2.09 bits per heavy atom. The molecular weight excluding hydrogens is 591 g/mol. The maximum absolute atomic E-state index is 12.2. The van der Waals surface area contributed by atoms with Gasteiger partial charge in [0.15, 0.2) is 22.8 Å². The normalized spacial score (nSPS) is 22.1. The van der Waals surface area contributed by atoms with Crippen LogP contribution >= 0.6 is 34.4 Å². The van der Waals surface area contributed by atoms with Crippen molar-refractivity contribution in [2.75, 3.05) is 24.6 Å². The Morgan fingerprint density at radius 3 is 2.80 bits per heavy atom. The SMILES string of the molecule is Nc1nc(SCCNC(=O)CCc2ccc(O)c(I)c2)nc2c1ncn2C1OC(CO)C(O)C1O. The molecule has 0 bridgehead atoms. The van der Waals surface area contributed by atoms with Crippen LogP contribution in [-0.4, -0.2) is 83.1 Å². The van der Waals surface area contributed by atoms with Crippen LogP contribution in [0.5, 0.6) is 5.75 Å². The number of aromatic nitrogens is 4. The molecule has 0 aliphatic carbocycles. The van der Waals surface area contributed by atoms with E-state index in [1.54, 1.807) is 12.1 Å². The van der Waals surface area contributed by atoms with Crippen LogP contribution in [-0.2, 0) is 16.0 Å². The third-order valence-corrected chi connectivity index (χ3v) is 7.24. The summed E-state index contributed by atoms with van der Waals surface area (Å²) in [5.74, 6) is 0.775. The molecule has 7 N–H and O–H groups in total. The van der Waals surface area contributed by atoms with Gasteiger partial charge in [0.1, 0.15) is 29.6 Å². The van der Waals surface area contributed by atoms with Crippen LogP contribution in [0.1, 0.15) is 18.2 Å². The van der Waals surface area contributed by atoms with E-state index in [0.29, 0.717) is 41.5 Å². The van der Waals surface area contributed by atoms with Gasteiger partial charge in [0.05, 0.1) is 16.5 Å². The number of hydrogen-bond donors (Lipinski definition) is 6. The van der Waals surface area contributed by atoms with Gasteiger partial charge in [-0.3, -0.25) is 9.36 Å². The van der Waals surface area contributed by atoms with Crippen LogP contribution in [0.4, 0.5) is 5.82 Å². The predicted octanol–water partition coefficient (Wildman–Crippen LogP) is 0.171. The van der Waals surface area contributed by atoms with Gasteiger partial charge in [0.25, 0.3) is 0 Å². The molecule has 4 unspecified atom stereocenters. The third kappa shape index (κ3) is 5.78. The predicted molar refractivity (Wildman–Crippen MR) is 136 cm³/mol. The zero-order valence-electron chi connectivity index (χ0n) is 18.4. The zero-order chi connectivity index (χ0) is 25.1. The van der Waals surface area contributed by atoms with Crippen LogP contribution < -0.4 is 11.1 Å². The van der Waals surface area contributed by atoms with Crippen molar-refractivity contribution >= 4 is 57.2 Å². The Hall–Kier alpha value is -2.24. The molecule has 1 fully saturated rings. The van der Waals surface area contributed by atoms with E-state index in [-0.39, 0.29) is 17.5 Å². The number of phenolic OH excluding ortho intramolecular Hbond substituents is 1. The van der Waals surface area contributed by atoms with Gasteiger partial charge >= 0.3 is 0 Å². The molecular formula is C21H25IN6O6S. The monoisotopic (exact) mass is 616 g/mol. The van der Waals surface area contributed by atoms with Crippen molar-refractivity contribution in [2.45, 2.75) is 42.5 Å². The second kappa shape index (κ2) is 11.2. The maximum atomic E-state index is 12.2. The number of aliphatic hydroxyl groups is 3.